The Balaban J connectivity index is 2.05. The first kappa shape index (κ1) is 9.06. The summed E-state index contributed by atoms with van der Waals surface area (Å²) in [6.45, 7) is 0. The number of rotatable bonds is 1. The Bertz CT molecular complexity index is 220. The smallest absolute Gasteiger partial charge is 0.230 e. The van der Waals surface area contributed by atoms with Gasteiger partial charge in [0.25, 0.3) is 0 Å². The van der Waals surface area contributed by atoms with Crippen molar-refractivity contribution >= 4 is 23.6 Å². The fraction of sp³-hybridized carbons (Fsp3) is 0.778. The molecule has 0 bridgehead atoms. The first-order valence-corrected chi connectivity index (χ1v) is 5.80. The van der Waals surface area contributed by atoms with Gasteiger partial charge in [0.1, 0.15) is 0 Å². The van der Waals surface area contributed by atoms with Crippen LogP contribution < -0.4 is 0 Å². The lowest BCUT2D eigenvalue weighted by molar-refractivity contribution is -0.139. The fourth-order valence-corrected chi connectivity index (χ4v) is 3.20. The molecule has 0 spiro atoms. The van der Waals surface area contributed by atoms with Crippen molar-refractivity contribution in [3.05, 3.63) is 0 Å². The van der Waals surface area contributed by atoms with Crippen molar-refractivity contribution in [2.75, 3.05) is 5.75 Å². The van der Waals surface area contributed by atoms with Gasteiger partial charge < -0.3 is 0 Å². The predicted octanol–water partition coefficient (Wildman–Crippen LogP) is 1.38. The summed E-state index contributed by atoms with van der Waals surface area (Å²) in [4.78, 5) is 24.2. The molecule has 1 unspecified atom stereocenters. The van der Waals surface area contributed by atoms with E-state index in [2.05, 4.69) is 0 Å². The van der Waals surface area contributed by atoms with Crippen LogP contribution in [0.3, 0.4) is 0 Å². The van der Waals surface area contributed by atoms with E-state index in [9.17, 15) is 9.59 Å². The largest absolute Gasteiger partial charge is 0.274 e. The van der Waals surface area contributed by atoms with E-state index in [0.717, 1.165) is 18.6 Å². The molecule has 0 radical (unpaired) electrons. The summed E-state index contributed by atoms with van der Waals surface area (Å²) in [5, 5.41) is 0.149. The summed E-state index contributed by atoms with van der Waals surface area (Å²) in [6.07, 6.45) is 4.21. The van der Waals surface area contributed by atoms with Crippen LogP contribution in [0.4, 0.5) is 0 Å². The first-order chi connectivity index (χ1) is 6.29. The van der Waals surface area contributed by atoms with Crippen molar-refractivity contribution in [1.29, 1.82) is 0 Å². The second kappa shape index (κ2) is 3.70. The van der Waals surface area contributed by atoms with Crippen molar-refractivity contribution < 1.29 is 9.59 Å². The first-order valence-electron chi connectivity index (χ1n) is 4.75. The summed E-state index contributed by atoms with van der Waals surface area (Å²) < 4.78 is 0. The van der Waals surface area contributed by atoms with Crippen molar-refractivity contribution in [3.63, 3.8) is 0 Å². The molecule has 2 amide bonds. The highest BCUT2D eigenvalue weighted by Crippen LogP contribution is 2.31. The number of carbonyl (C=O) groups excluding carboxylic acids is 2. The minimum absolute atomic E-state index is 0.0319. The van der Waals surface area contributed by atoms with Crippen molar-refractivity contribution in [1.82, 2.24) is 4.90 Å². The van der Waals surface area contributed by atoms with Crippen LogP contribution in [0.2, 0.25) is 0 Å². The highest BCUT2D eigenvalue weighted by Gasteiger charge is 2.35. The number of likely N-dealkylation sites (tertiary alicyclic amines) is 1. The second-order valence-corrected chi connectivity index (χ2v) is 4.76. The zero-order chi connectivity index (χ0) is 9.26. The summed E-state index contributed by atoms with van der Waals surface area (Å²) in [7, 11) is 0. The summed E-state index contributed by atoms with van der Waals surface area (Å²) >= 11 is 1.75. The molecule has 0 aromatic heterocycles. The minimum Gasteiger partial charge on any atom is -0.274 e. The monoisotopic (exact) mass is 199 g/mol. The molecule has 0 N–H and O–H groups in total. The number of hydrogen-bond acceptors (Lipinski definition) is 3. The predicted molar refractivity (Wildman–Crippen MR) is 51.2 cm³/mol. The van der Waals surface area contributed by atoms with E-state index in [0.29, 0.717) is 12.8 Å². The Hall–Kier alpha value is -0.510. The molecule has 2 aliphatic heterocycles. The number of nitrogens with zero attached hydrogens (tertiary/aromatic N) is 1. The molecule has 2 aliphatic rings. The molecule has 4 heteroatoms. The van der Waals surface area contributed by atoms with E-state index >= 15 is 0 Å². The molecular weight excluding hydrogens is 186 g/mol. The number of carbonyl (C=O) groups is 2. The molecule has 2 rings (SSSR count). The third-order valence-electron chi connectivity index (χ3n) is 2.53. The fourth-order valence-electron chi connectivity index (χ4n) is 1.84. The van der Waals surface area contributed by atoms with Crippen molar-refractivity contribution in [3.8, 4) is 0 Å². The Labute approximate surface area is 81.9 Å². The van der Waals surface area contributed by atoms with Crippen molar-refractivity contribution in [2.45, 2.75) is 37.5 Å². The van der Waals surface area contributed by atoms with Crippen LogP contribution in [-0.2, 0) is 9.59 Å². The van der Waals surface area contributed by atoms with Gasteiger partial charge in [-0.15, -0.1) is 11.8 Å². The lowest BCUT2D eigenvalue weighted by Crippen LogP contribution is -2.38. The average molecular weight is 199 g/mol. The molecule has 3 nitrogen and oxygen atoms in total. The quantitative estimate of drug-likeness (QED) is 0.599. The van der Waals surface area contributed by atoms with Gasteiger partial charge in [-0.2, -0.15) is 0 Å². The van der Waals surface area contributed by atoms with Gasteiger partial charge in [-0.05, 0) is 25.0 Å². The summed E-state index contributed by atoms with van der Waals surface area (Å²) in [6, 6.07) is 0. The second-order valence-electron chi connectivity index (χ2n) is 3.48. The zero-order valence-electron chi connectivity index (χ0n) is 7.49. The van der Waals surface area contributed by atoms with E-state index in [-0.39, 0.29) is 17.2 Å². The van der Waals surface area contributed by atoms with Crippen LogP contribution in [0.15, 0.2) is 0 Å². The third-order valence-corrected chi connectivity index (χ3v) is 3.89. The van der Waals surface area contributed by atoms with Gasteiger partial charge in [0.15, 0.2) is 0 Å². The molecule has 72 valence electrons. The molecule has 0 aromatic rings. The van der Waals surface area contributed by atoms with Crippen LogP contribution in [0.5, 0.6) is 0 Å². The molecular formula is C9H13NO2S. The highest BCUT2D eigenvalue weighted by molar-refractivity contribution is 7.99. The molecule has 0 aromatic carbocycles. The number of amides is 2. The van der Waals surface area contributed by atoms with Crippen LogP contribution in [0.1, 0.15) is 32.1 Å². The Morgan fingerprint density at radius 3 is 2.38 bits per heavy atom. The molecule has 2 heterocycles. The van der Waals surface area contributed by atoms with Crippen LogP contribution in [0.25, 0.3) is 0 Å². The number of hydrogen-bond donors (Lipinski definition) is 0. The van der Waals surface area contributed by atoms with Crippen molar-refractivity contribution in [2.24, 2.45) is 0 Å². The maximum atomic E-state index is 11.4. The van der Waals surface area contributed by atoms with Gasteiger partial charge in [-0.25, -0.2) is 0 Å². The molecule has 1 atom stereocenters. The van der Waals surface area contributed by atoms with Crippen LogP contribution in [0, 0.1) is 0 Å². The third kappa shape index (κ3) is 1.73. The number of thioether (sulfide) groups is 1. The lowest BCUT2D eigenvalue weighted by atomic mass is 10.2. The minimum atomic E-state index is 0.0319. The Morgan fingerprint density at radius 1 is 1.15 bits per heavy atom. The van der Waals surface area contributed by atoms with E-state index in [4.69, 9.17) is 0 Å². The maximum absolute atomic E-state index is 11.4. The molecule has 2 fully saturated rings. The average Bonchev–Trinajstić information content (AvgIpc) is 2.48. The normalized spacial score (nSPS) is 29.8. The lowest BCUT2D eigenvalue weighted by Gasteiger charge is -2.28. The van der Waals surface area contributed by atoms with Gasteiger partial charge in [0.2, 0.25) is 11.8 Å². The Morgan fingerprint density at radius 2 is 1.85 bits per heavy atom. The Kier molecular flexibility index (Phi) is 2.58. The number of imide groups is 1. The maximum Gasteiger partial charge on any atom is 0.230 e. The topological polar surface area (TPSA) is 37.4 Å². The zero-order valence-corrected chi connectivity index (χ0v) is 8.31. The van der Waals surface area contributed by atoms with E-state index < -0.39 is 0 Å². The SMILES string of the molecule is O=C1CCC(=O)N1C1CCCCS1. The standard InChI is InChI=1S/C9H13NO2S/c11-7-4-5-8(12)10(7)9-3-1-2-6-13-9/h9H,1-6H2. The van der Waals surface area contributed by atoms with E-state index in [1.807, 2.05) is 0 Å². The highest BCUT2D eigenvalue weighted by atomic mass is 32.2. The van der Waals surface area contributed by atoms with Gasteiger partial charge in [0, 0.05) is 12.8 Å². The molecule has 0 saturated carbocycles. The van der Waals surface area contributed by atoms with Crippen LogP contribution in [-0.4, -0.2) is 27.8 Å². The van der Waals surface area contributed by atoms with E-state index in [1.165, 1.54) is 11.3 Å². The molecule has 13 heavy (non-hydrogen) atoms. The summed E-state index contributed by atoms with van der Waals surface area (Å²) in [5.74, 6) is 1.15. The molecule has 2 saturated heterocycles. The molecule has 0 aliphatic carbocycles. The van der Waals surface area contributed by atoms with Gasteiger partial charge >= 0.3 is 0 Å². The van der Waals surface area contributed by atoms with E-state index in [1.54, 1.807) is 11.8 Å². The van der Waals surface area contributed by atoms with Crippen LogP contribution >= 0.6 is 11.8 Å². The van der Waals surface area contributed by atoms with Gasteiger partial charge in [-0.1, -0.05) is 0 Å². The summed E-state index contributed by atoms with van der Waals surface area (Å²) in [5.41, 5.74) is 0. The van der Waals surface area contributed by atoms with Gasteiger partial charge in [-0.3, -0.25) is 14.5 Å². The van der Waals surface area contributed by atoms with Gasteiger partial charge in [0.05, 0.1) is 5.37 Å².